The van der Waals surface area contributed by atoms with Gasteiger partial charge in [-0.1, -0.05) is 6.07 Å². The van der Waals surface area contributed by atoms with Crippen molar-refractivity contribution in [2.24, 2.45) is 0 Å². The van der Waals surface area contributed by atoms with E-state index >= 15 is 0 Å². The maximum Gasteiger partial charge on any atom is 0.255 e. The highest BCUT2D eigenvalue weighted by Crippen LogP contribution is 2.34. The Morgan fingerprint density at radius 1 is 1.29 bits per heavy atom. The van der Waals surface area contributed by atoms with E-state index in [9.17, 15) is 14.3 Å². The molecule has 3 rings (SSSR count). The van der Waals surface area contributed by atoms with E-state index in [-0.39, 0.29) is 17.5 Å². The molecular weight excluding hydrogens is 381 g/mol. The highest BCUT2D eigenvalue weighted by Gasteiger charge is 2.30. The molecule has 0 saturated heterocycles. The van der Waals surface area contributed by atoms with E-state index in [4.69, 9.17) is 17.0 Å². The molecule has 4 N–H and O–H groups in total. The fraction of sp³-hybridized carbons (Fsp3) is 0.200. The molecule has 8 heteroatoms. The van der Waals surface area contributed by atoms with Crippen molar-refractivity contribution in [1.82, 2.24) is 10.6 Å². The van der Waals surface area contributed by atoms with Gasteiger partial charge in [0.15, 0.2) is 16.6 Å². The molecule has 1 heterocycles. The zero-order chi connectivity index (χ0) is 20.3. The zero-order valence-corrected chi connectivity index (χ0v) is 16.2. The molecule has 0 bridgehead atoms. The van der Waals surface area contributed by atoms with E-state index in [1.54, 1.807) is 19.1 Å². The normalized spacial score (nSPS) is 16.2. The van der Waals surface area contributed by atoms with Crippen LogP contribution in [0, 0.1) is 5.82 Å². The Morgan fingerprint density at radius 2 is 2.00 bits per heavy atom. The van der Waals surface area contributed by atoms with Gasteiger partial charge in [-0.05, 0) is 68.0 Å². The lowest BCUT2D eigenvalue weighted by Crippen LogP contribution is -2.45. The number of halogens is 1. The second-order valence-electron chi connectivity index (χ2n) is 6.19. The number of hydrogen-bond acceptors (Lipinski definition) is 4. The third kappa shape index (κ3) is 4.23. The predicted molar refractivity (Wildman–Crippen MR) is 109 cm³/mol. The number of ether oxygens (including phenoxy) is 1. The number of benzene rings is 2. The summed E-state index contributed by atoms with van der Waals surface area (Å²) in [6.07, 6.45) is 0. The second-order valence-corrected chi connectivity index (χ2v) is 6.60. The molecule has 2 aromatic carbocycles. The van der Waals surface area contributed by atoms with E-state index in [1.807, 2.05) is 6.92 Å². The fourth-order valence-electron chi connectivity index (χ4n) is 2.96. The van der Waals surface area contributed by atoms with Gasteiger partial charge in [0.25, 0.3) is 5.91 Å². The molecule has 6 nitrogen and oxygen atoms in total. The van der Waals surface area contributed by atoms with Gasteiger partial charge in [0.2, 0.25) is 0 Å². The van der Waals surface area contributed by atoms with Crippen LogP contribution in [0.1, 0.15) is 25.5 Å². The van der Waals surface area contributed by atoms with E-state index in [0.29, 0.717) is 40.0 Å². The Kier molecular flexibility index (Phi) is 5.79. The minimum atomic E-state index is -0.547. The lowest BCUT2D eigenvalue weighted by atomic mass is 9.94. The Morgan fingerprint density at radius 3 is 2.68 bits per heavy atom. The Bertz CT molecular complexity index is 944. The van der Waals surface area contributed by atoms with Crippen LogP contribution in [0.4, 0.5) is 10.1 Å². The summed E-state index contributed by atoms with van der Waals surface area (Å²) < 4.78 is 18.6. The summed E-state index contributed by atoms with van der Waals surface area (Å²) in [4.78, 5) is 13.0. The summed E-state index contributed by atoms with van der Waals surface area (Å²) >= 11 is 5.24. The molecule has 1 aliphatic heterocycles. The number of nitrogens with one attached hydrogen (secondary N) is 3. The molecule has 146 valence electrons. The second kappa shape index (κ2) is 8.26. The molecule has 0 fully saturated rings. The summed E-state index contributed by atoms with van der Waals surface area (Å²) in [6.45, 7) is 3.96. The molecule has 0 aliphatic carbocycles. The van der Waals surface area contributed by atoms with Crippen LogP contribution in [0.2, 0.25) is 0 Å². The van der Waals surface area contributed by atoms with Crippen LogP contribution >= 0.6 is 12.2 Å². The van der Waals surface area contributed by atoms with Crippen LogP contribution in [0.25, 0.3) is 0 Å². The zero-order valence-electron chi connectivity index (χ0n) is 15.4. The lowest BCUT2D eigenvalue weighted by molar-refractivity contribution is -0.113. The smallest absolute Gasteiger partial charge is 0.255 e. The Balaban J connectivity index is 1.95. The summed E-state index contributed by atoms with van der Waals surface area (Å²) in [5.74, 6) is -0.407. The van der Waals surface area contributed by atoms with Gasteiger partial charge in [-0.15, -0.1) is 0 Å². The Labute approximate surface area is 167 Å². The molecule has 1 amide bonds. The first-order chi connectivity index (χ1) is 13.4. The molecule has 0 spiro atoms. The summed E-state index contributed by atoms with van der Waals surface area (Å²) in [6, 6.07) is 9.85. The number of phenols is 1. The SMILES string of the molecule is CCOc1cc(C2NC(=S)NC(C)=C2C(=O)Nc2ccc(F)cc2)ccc1O. The van der Waals surface area contributed by atoms with Crippen molar-refractivity contribution in [2.75, 3.05) is 11.9 Å². The standard InChI is InChI=1S/C20H20FN3O3S/c1-3-27-16-10-12(4-9-15(16)25)18-17(11(2)22-20(28)24-18)19(26)23-14-7-5-13(21)6-8-14/h4-10,18,25H,3H2,1-2H3,(H,23,26)(H2,22,24,28). The van der Waals surface area contributed by atoms with E-state index in [1.165, 1.54) is 30.3 Å². The van der Waals surface area contributed by atoms with Gasteiger partial charge in [0, 0.05) is 11.4 Å². The predicted octanol–water partition coefficient (Wildman–Crippen LogP) is 3.36. The lowest BCUT2D eigenvalue weighted by Gasteiger charge is -2.30. The summed E-state index contributed by atoms with van der Waals surface area (Å²) in [7, 11) is 0. The van der Waals surface area contributed by atoms with Crippen LogP contribution in [0.15, 0.2) is 53.7 Å². The van der Waals surface area contributed by atoms with Crippen molar-refractivity contribution in [2.45, 2.75) is 19.9 Å². The van der Waals surface area contributed by atoms with Crippen LogP contribution in [-0.4, -0.2) is 22.7 Å². The average Bonchev–Trinajstić information content (AvgIpc) is 2.65. The fourth-order valence-corrected chi connectivity index (χ4v) is 3.23. The van der Waals surface area contributed by atoms with Gasteiger partial charge in [-0.25, -0.2) is 4.39 Å². The minimum absolute atomic E-state index is 0.0140. The molecular formula is C20H20FN3O3S. The van der Waals surface area contributed by atoms with Crippen molar-refractivity contribution in [3.8, 4) is 11.5 Å². The third-order valence-electron chi connectivity index (χ3n) is 4.23. The number of thiocarbonyl (C=S) groups is 1. The molecule has 1 unspecified atom stereocenters. The first-order valence-corrected chi connectivity index (χ1v) is 9.10. The van der Waals surface area contributed by atoms with Crippen LogP contribution in [-0.2, 0) is 4.79 Å². The van der Waals surface area contributed by atoms with Crippen molar-refractivity contribution < 1.29 is 19.0 Å². The van der Waals surface area contributed by atoms with E-state index in [0.717, 1.165) is 0 Å². The van der Waals surface area contributed by atoms with Crippen LogP contribution in [0.3, 0.4) is 0 Å². The van der Waals surface area contributed by atoms with Gasteiger partial charge >= 0.3 is 0 Å². The maximum atomic E-state index is 13.1. The molecule has 0 aromatic heterocycles. The van der Waals surface area contributed by atoms with Gasteiger partial charge < -0.3 is 25.8 Å². The van der Waals surface area contributed by atoms with Crippen LogP contribution < -0.4 is 20.7 Å². The van der Waals surface area contributed by atoms with E-state index in [2.05, 4.69) is 16.0 Å². The summed E-state index contributed by atoms with van der Waals surface area (Å²) in [5, 5.41) is 19.1. The topological polar surface area (TPSA) is 82.6 Å². The number of phenolic OH excluding ortho intramolecular Hbond substituents is 1. The molecule has 0 radical (unpaired) electrons. The number of carbonyl (C=O) groups excluding carboxylic acids is 1. The monoisotopic (exact) mass is 401 g/mol. The molecule has 1 atom stereocenters. The summed E-state index contributed by atoms with van der Waals surface area (Å²) in [5.41, 5.74) is 2.19. The van der Waals surface area contributed by atoms with Crippen LogP contribution in [0.5, 0.6) is 11.5 Å². The van der Waals surface area contributed by atoms with Crippen molar-refractivity contribution >= 4 is 28.9 Å². The number of anilines is 1. The van der Waals surface area contributed by atoms with E-state index < -0.39 is 6.04 Å². The van der Waals surface area contributed by atoms with Crippen molar-refractivity contribution in [1.29, 1.82) is 0 Å². The van der Waals surface area contributed by atoms with Crippen molar-refractivity contribution in [3.63, 3.8) is 0 Å². The average molecular weight is 401 g/mol. The van der Waals surface area contributed by atoms with Gasteiger partial charge in [-0.2, -0.15) is 0 Å². The molecule has 0 saturated carbocycles. The van der Waals surface area contributed by atoms with Gasteiger partial charge in [0.1, 0.15) is 5.82 Å². The van der Waals surface area contributed by atoms with Gasteiger partial charge in [-0.3, -0.25) is 4.79 Å². The number of amides is 1. The molecule has 2 aromatic rings. The molecule has 1 aliphatic rings. The van der Waals surface area contributed by atoms with Gasteiger partial charge in [0.05, 0.1) is 18.2 Å². The Hall–Kier alpha value is -3.13. The number of allylic oxidation sites excluding steroid dienone is 1. The number of rotatable bonds is 5. The first-order valence-electron chi connectivity index (χ1n) is 8.70. The number of aromatic hydroxyl groups is 1. The quantitative estimate of drug-likeness (QED) is 0.575. The molecule has 28 heavy (non-hydrogen) atoms. The minimum Gasteiger partial charge on any atom is -0.504 e. The maximum absolute atomic E-state index is 13.1. The third-order valence-corrected chi connectivity index (χ3v) is 4.45. The number of carbonyl (C=O) groups is 1. The highest BCUT2D eigenvalue weighted by molar-refractivity contribution is 7.80. The van der Waals surface area contributed by atoms with Crippen molar-refractivity contribution in [3.05, 3.63) is 65.1 Å². The first kappa shape index (κ1) is 19.6. The number of hydrogen-bond donors (Lipinski definition) is 4. The highest BCUT2D eigenvalue weighted by atomic mass is 32.1. The largest absolute Gasteiger partial charge is 0.504 e.